The standard InChI is InChI=1S/C14H23F6NO/c1-3-5-7-9-21(10-8-6-4-2)12(22)11(13(15,16)17)14(18,19)20/h11H,3-10H2,1-2H3. The average Bonchev–Trinajstić information content (AvgIpc) is 2.33. The van der Waals surface area contributed by atoms with Gasteiger partial charge in [0.15, 0.2) is 0 Å². The van der Waals surface area contributed by atoms with E-state index in [-0.39, 0.29) is 13.1 Å². The highest BCUT2D eigenvalue weighted by atomic mass is 19.4. The van der Waals surface area contributed by atoms with E-state index in [0.29, 0.717) is 25.7 Å². The summed E-state index contributed by atoms with van der Waals surface area (Å²) in [4.78, 5) is 12.5. The lowest BCUT2D eigenvalue weighted by Crippen LogP contribution is -2.50. The fraction of sp³-hybridized carbons (Fsp3) is 0.929. The van der Waals surface area contributed by atoms with Crippen LogP contribution in [0.2, 0.25) is 0 Å². The minimum atomic E-state index is -5.62. The van der Waals surface area contributed by atoms with Crippen LogP contribution in [0.4, 0.5) is 26.3 Å². The minimum Gasteiger partial charge on any atom is -0.342 e. The molecule has 22 heavy (non-hydrogen) atoms. The Labute approximate surface area is 126 Å². The zero-order valence-electron chi connectivity index (χ0n) is 12.9. The highest BCUT2D eigenvalue weighted by molar-refractivity contribution is 5.80. The second-order valence-corrected chi connectivity index (χ2v) is 5.26. The Morgan fingerprint density at radius 3 is 1.45 bits per heavy atom. The molecule has 1 amide bonds. The predicted molar refractivity (Wildman–Crippen MR) is 71.2 cm³/mol. The molecule has 0 aromatic rings. The van der Waals surface area contributed by atoms with Crippen molar-refractivity contribution in [3.05, 3.63) is 0 Å². The Hall–Kier alpha value is -0.950. The Balaban J connectivity index is 5.08. The van der Waals surface area contributed by atoms with E-state index in [2.05, 4.69) is 0 Å². The van der Waals surface area contributed by atoms with Crippen LogP contribution in [-0.2, 0) is 4.79 Å². The lowest BCUT2D eigenvalue weighted by atomic mass is 10.1. The molecule has 0 saturated heterocycles. The van der Waals surface area contributed by atoms with Crippen molar-refractivity contribution in [1.82, 2.24) is 4.90 Å². The first-order valence-corrected chi connectivity index (χ1v) is 7.47. The Morgan fingerprint density at radius 1 is 0.818 bits per heavy atom. The molecular weight excluding hydrogens is 312 g/mol. The van der Waals surface area contributed by atoms with Gasteiger partial charge in [-0.2, -0.15) is 26.3 Å². The van der Waals surface area contributed by atoms with E-state index >= 15 is 0 Å². The topological polar surface area (TPSA) is 20.3 Å². The fourth-order valence-corrected chi connectivity index (χ4v) is 2.09. The molecule has 0 atom stereocenters. The van der Waals surface area contributed by atoms with Gasteiger partial charge in [-0.15, -0.1) is 0 Å². The van der Waals surface area contributed by atoms with E-state index in [1.165, 1.54) is 0 Å². The molecule has 8 heteroatoms. The number of carbonyl (C=O) groups is 1. The number of hydrogen-bond donors (Lipinski definition) is 0. The first-order chi connectivity index (χ1) is 10.1. The van der Waals surface area contributed by atoms with E-state index in [1.807, 2.05) is 13.8 Å². The SMILES string of the molecule is CCCCCN(CCCCC)C(=O)C(C(F)(F)F)C(F)(F)F. The van der Waals surface area contributed by atoms with Gasteiger partial charge in [0.25, 0.3) is 0 Å². The van der Waals surface area contributed by atoms with Gasteiger partial charge < -0.3 is 4.90 Å². The lowest BCUT2D eigenvalue weighted by Gasteiger charge is -2.29. The summed E-state index contributed by atoms with van der Waals surface area (Å²) in [7, 11) is 0. The van der Waals surface area contributed by atoms with E-state index in [4.69, 9.17) is 0 Å². The highest BCUT2D eigenvalue weighted by Gasteiger charge is 2.61. The van der Waals surface area contributed by atoms with Gasteiger partial charge in [0.05, 0.1) is 0 Å². The van der Waals surface area contributed by atoms with Crippen molar-refractivity contribution in [3.63, 3.8) is 0 Å². The van der Waals surface area contributed by atoms with Crippen molar-refractivity contribution in [3.8, 4) is 0 Å². The number of rotatable bonds is 9. The molecule has 0 bridgehead atoms. The molecule has 0 aliphatic carbocycles. The van der Waals surface area contributed by atoms with Gasteiger partial charge in [0.2, 0.25) is 11.8 Å². The number of unbranched alkanes of at least 4 members (excludes halogenated alkanes) is 4. The summed E-state index contributed by atoms with van der Waals surface area (Å²) in [5.41, 5.74) is 0. The summed E-state index contributed by atoms with van der Waals surface area (Å²) >= 11 is 0. The van der Waals surface area contributed by atoms with Gasteiger partial charge in [-0.25, -0.2) is 0 Å². The van der Waals surface area contributed by atoms with Gasteiger partial charge in [-0.05, 0) is 12.8 Å². The quantitative estimate of drug-likeness (QED) is 0.432. The minimum absolute atomic E-state index is 0.0704. The van der Waals surface area contributed by atoms with Crippen molar-refractivity contribution in [2.75, 3.05) is 13.1 Å². The highest BCUT2D eigenvalue weighted by Crippen LogP contribution is 2.40. The molecule has 2 nitrogen and oxygen atoms in total. The van der Waals surface area contributed by atoms with Gasteiger partial charge in [-0.3, -0.25) is 4.79 Å². The molecule has 0 fully saturated rings. The largest absolute Gasteiger partial charge is 0.409 e. The van der Waals surface area contributed by atoms with Crippen LogP contribution >= 0.6 is 0 Å². The molecule has 0 aliphatic rings. The maximum absolute atomic E-state index is 12.6. The van der Waals surface area contributed by atoms with Crippen LogP contribution in [0.25, 0.3) is 0 Å². The van der Waals surface area contributed by atoms with Gasteiger partial charge >= 0.3 is 12.4 Å². The first kappa shape index (κ1) is 21.0. The maximum atomic E-state index is 12.6. The van der Waals surface area contributed by atoms with Crippen molar-refractivity contribution >= 4 is 5.91 Å². The van der Waals surface area contributed by atoms with E-state index in [1.54, 1.807) is 0 Å². The number of halogens is 6. The molecule has 0 unspecified atom stereocenters. The van der Waals surface area contributed by atoms with Crippen molar-refractivity contribution in [2.45, 2.75) is 64.7 Å². The molecule has 132 valence electrons. The molecule has 0 radical (unpaired) electrons. The third-order valence-electron chi connectivity index (χ3n) is 3.28. The summed E-state index contributed by atoms with van der Waals surface area (Å²) in [5, 5.41) is 0. The molecule has 0 aliphatic heterocycles. The molecule has 0 N–H and O–H groups in total. The Kier molecular flexibility index (Phi) is 8.85. The molecule has 0 saturated carbocycles. The van der Waals surface area contributed by atoms with Crippen molar-refractivity contribution < 1.29 is 31.1 Å². The maximum Gasteiger partial charge on any atom is 0.409 e. The van der Waals surface area contributed by atoms with Crippen molar-refractivity contribution in [2.24, 2.45) is 5.92 Å². The normalized spacial score (nSPS) is 12.8. The third kappa shape index (κ3) is 7.35. The monoisotopic (exact) mass is 335 g/mol. The van der Waals surface area contributed by atoms with Gasteiger partial charge in [-0.1, -0.05) is 39.5 Å². The zero-order valence-corrected chi connectivity index (χ0v) is 12.9. The second-order valence-electron chi connectivity index (χ2n) is 5.26. The van der Waals surface area contributed by atoms with Crippen molar-refractivity contribution in [1.29, 1.82) is 0 Å². The van der Waals surface area contributed by atoms with Crippen LogP contribution in [0.15, 0.2) is 0 Å². The molecule has 0 rings (SSSR count). The Morgan fingerprint density at radius 2 is 1.18 bits per heavy atom. The van der Waals surface area contributed by atoms with Crippen LogP contribution in [0, 0.1) is 5.92 Å². The van der Waals surface area contributed by atoms with Gasteiger partial charge in [0.1, 0.15) is 0 Å². The molecule has 0 spiro atoms. The molecule has 0 aromatic carbocycles. The summed E-state index contributed by atoms with van der Waals surface area (Å²) < 4.78 is 75.8. The average molecular weight is 335 g/mol. The van der Waals surface area contributed by atoms with Crippen LogP contribution in [0.1, 0.15) is 52.4 Å². The van der Waals surface area contributed by atoms with Crippen LogP contribution in [0.5, 0.6) is 0 Å². The number of hydrogen-bond acceptors (Lipinski definition) is 1. The van der Waals surface area contributed by atoms with Crippen LogP contribution < -0.4 is 0 Å². The first-order valence-electron chi connectivity index (χ1n) is 7.47. The third-order valence-corrected chi connectivity index (χ3v) is 3.28. The number of nitrogens with zero attached hydrogens (tertiary/aromatic N) is 1. The lowest BCUT2D eigenvalue weighted by molar-refractivity contribution is -0.277. The van der Waals surface area contributed by atoms with E-state index in [0.717, 1.165) is 17.7 Å². The summed E-state index contributed by atoms with van der Waals surface area (Å²) in [6.45, 7) is 3.58. The predicted octanol–water partition coefficient (Wildman–Crippen LogP) is 4.94. The Bertz CT molecular complexity index is 302. The van der Waals surface area contributed by atoms with Crippen LogP contribution in [0.3, 0.4) is 0 Å². The molecule has 0 heterocycles. The van der Waals surface area contributed by atoms with E-state index in [9.17, 15) is 31.1 Å². The fourth-order valence-electron chi connectivity index (χ4n) is 2.09. The zero-order chi connectivity index (χ0) is 17.4. The van der Waals surface area contributed by atoms with Crippen LogP contribution in [-0.4, -0.2) is 36.2 Å². The summed E-state index contributed by atoms with van der Waals surface area (Å²) in [6.07, 6.45) is -7.61. The molecular formula is C14H23F6NO. The number of amides is 1. The summed E-state index contributed by atoms with van der Waals surface area (Å²) in [5.74, 6) is -5.81. The van der Waals surface area contributed by atoms with E-state index < -0.39 is 24.2 Å². The van der Waals surface area contributed by atoms with Gasteiger partial charge in [0, 0.05) is 13.1 Å². The number of carbonyl (C=O) groups excluding carboxylic acids is 1. The smallest absolute Gasteiger partial charge is 0.342 e. The second kappa shape index (κ2) is 9.25. The molecule has 0 aromatic heterocycles. The number of alkyl halides is 6. The summed E-state index contributed by atoms with van der Waals surface area (Å²) in [6, 6.07) is 0.